The highest BCUT2D eigenvalue weighted by Crippen LogP contribution is 2.24. The molecule has 2 amide bonds. The summed E-state index contributed by atoms with van der Waals surface area (Å²) < 4.78 is 2.11. The number of nitrogens with one attached hydrogen (secondary N) is 2. The largest absolute Gasteiger partial charge is 0.352 e. The second-order valence-corrected chi connectivity index (χ2v) is 6.84. The first-order chi connectivity index (χ1) is 13.1. The minimum absolute atomic E-state index is 0.111. The molecule has 2 aromatic carbocycles. The Morgan fingerprint density at radius 2 is 1.81 bits per heavy atom. The molecule has 1 heterocycles. The monoisotopic (exact) mass is 382 g/mol. The topological polar surface area (TPSA) is 76.0 Å². The van der Waals surface area contributed by atoms with Crippen LogP contribution in [0.2, 0.25) is 0 Å². The molecule has 0 fully saturated rings. The van der Waals surface area contributed by atoms with Gasteiger partial charge in [-0.1, -0.05) is 23.9 Å². The van der Waals surface area contributed by atoms with Gasteiger partial charge in [-0.15, -0.1) is 0 Å². The van der Waals surface area contributed by atoms with E-state index >= 15 is 0 Å². The van der Waals surface area contributed by atoms with Gasteiger partial charge in [0.2, 0.25) is 5.91 Å². The zero-order valence-corrected chi connectivity index (χ0v) is 16.2. The number of imidazole rings is 1. The maximum absolute atomic E-state index is 12.3. The number of carbonyl (C=O) groups is 2. The van der Waals surface area contributed by atoms with Crippen molar-refractivity contribution in [1.82, 2.24) is 14.9 Å². The van der Waals surface area contributed by atoms with Crippen LogP contribution in [0.1, 0.15) is 24.2 Å². The second-order valence-electron chi connectivity index (χ2n) is 5.90. The van der Waals surface area contributed by atoms with Crippen LogP contribution in [-0.4, -0.2) is 33.7 Å². The Bertz CT molecular complexity index is 950. The van der Waals surface area contributed by atoms with E-state index in [-0.39, 0.29) is 17.6 Å². The zero-order valence-electron chi connectivity index (χ0n) is 15.4. The summed E-state index contributed by atoms with van der Waals surface area (Å²) in [4.78, 5) is 28.6. The Hall–Kier alpha value is -2.80. The Morgan fingerprint density at radius 1 is 1.07 bits per heavy atom. The maximum atomic E-state index is 12.3. The number of aromatic nitrogens is 2. The number of fused-ring (bicyclic) bond motifs is 1. The highest BCUT2D eigenvalue weighted by Gasteiger charge is 2.12. The lowest BCUT2D eigenvalue weighted by atomic mass is 10.2. The molecule has 7 heteroatoms. The number of amides is 2. The Morgan fingerprint density at radius 3 is 2.52 bits per heavy atom. The molecule has 0 spiro atoms. The molecule has 3 rings (SSSR count). The predicted octanol–water partition coefficient (Wildman–Crippen LogP) is 3.54. The lowest BCUT2D eigenvalue weighted by Gasteiger charge is -2.08. The molecule has 0 atom stereocenters. The van der Waals surface area contributed by atoms with Gasteiger partial charge in [-0.05, 0) is 50.2 Å². The molecule has 0 bridgehead atoms. The zero-order chi connectivity index (χ0) is 19.2. The molecule has 0 radical (unpaired) electrons. The third-order valence-electron chi connectivity index (χ3n) is 4.04. The minimum atomic E-state index is -0.121. The number of benzene rings is 2. The van der Waals surface area contributed by atoms with Crippen molar-refractivity contribution in [2.75, 3.05) is 17.6 Å². The highest BCUT2D eigenvalue weighted by atomic mass is 32.2. The summed E-state index contributed by atoms with van der Waals surface area (Å²) in [5.74, 6) is 0.0337. The summed E-state index contributed by atoms with van der Waals surface area (Å²) in [6.07, 6.45) is 0. The number of aryl methyl sites for hydroxylation is 1. The fourth-order valence-electron chi connectivity index (χ4n) is 2.76. The van der Waals surface area contributed by atoms with Gasteiger partial charge in [-0.3, -0.25) is 9.59 Å². The lowest BCUT2D eigenvalue weighted by molar-refractivity contribution is -0.113. The van der Waals surface area contributed by atoms with Crippen molar-refractivity contribution in [1.29, 1.82) is 0 Å². The summed E-state index contributed by atoms with van der Waals surface area (Å²) in [6.45, 7) is 5.31. The number of carbonyl (C=O) groups excluding carboxylic acids is 2. The number of para-hydroxylation sites is 2. The first-order valence-corrected chi connectivity index (χ1v) is 9.87. The van der Waals surface area contributed by atoms with Crippen molar-refractivity contribution in [3.63, 3.8) is 0 Å². The van der Waals surface area contributed by atoms with Gasteiger partial charge in [-0.25, -0.2) is 4.98 Å². The van der Waals surface area contributed by atoms with Gasteiger partial charge in [0.15, 0.2) is 5.16 Å². The van der Waals surface area contributed by atoms with Gasteiger partial charge < -0.3 is 15.2 Å². The van der Waals surface area contributed by atoms with Crippen molar-refractivity contribution in [3.8, 4) is 0 Å². The number of thioether (sulfide) groups is 1. The molecule has 27 heavy (non-hydrogen) atoms. The van der Waals surface area contributed by atoms with Crippen LogP contribution in [0.5, 0.6) is 0 Å². The van der Waals surface area contributed by atoms with Gasteiger partial charge in [-0.2, -0.15) is 0 Å². The van der Waals surface area contributed by atoms with Gasteiger partial charge in [0, 0.05) is 24.3 Å². The van der Waals surface area contributed by atoms with E-state index in [2.05, 4.69) is 27.1 Å². The van der Waals surface area contributed by atoms with Gasteiger partial charge >= 0.3 is 0 Å². The van der Waals surface area contributed by atoms with Crippen LogP contribution in [0.4, 0.5) is 5.69 Å². The van der Waals surface area contributed by atoms with Crippen molar-refractivity contribution >= 4 is 40.3 Å². The highest BCUT2D eigenvalue weighted by molar-refractivity contribution is 7.99. The molecule has 0 saturated carbocycles. The predicted molar refractivity (Wildman–Crippen MR) is 109 cm³/mol. The van der Waals surface area contributed by atoms with E-state index < -0.39 is 0 Å². The Labute approximate surface area is 162 Å². The summed E-state index contributed by atoms with van der Waals surface area (Å²) in [5, 5.41) is 6.43. The van der Waals surface area contributed by atoms with E-state index in [0.29, 0.717) is 17.8 Å². The first-order valence-electron chi connectivity index (χ1n) is 8.88. The third kappa shape index (κ3) is 4.49. The average Bonchev–Trinajstić information content (AvgIpc) is 3.04. The molecular weight excluding hydrogens is 360 g/mol. The van der Waals surface area contributed by atoms with E-state index in [0.717, 1.165) is 22.7 Å². The minimum Gasteiger partial charge on any atom is -0.352 e. The molecular formula is C20H22N4O2S. The van der Waals surface area contributed by atoms with Gasteiger partial charge in [0.25, 0.3) is 5.91 Å². The SMILES string of the molecule is CCNC(=O)c1ccc(NC(=O)CSc2nc3ccccc3n2CC)cc1. The van der Waals surface area contributed by atoms with Crippen LogP contribution < -0.4 is 10.6 Å². The van der Waals surface area contributed by atoms with Crippen LogP contribution in [0.25, 0.3) is 11.0 Å². The molecule has 0 saturated heterocycles. The van der Waals surface area contributed by atoms with Crippen LogP contribution >= 0.6 is 11.8 Å². The molecule has 0 unspecified atom stereocenters. The van der Waals surface area contributed by atoms with E-state index in [1.807, 2.05) is 31.2 Å². The number of hydrogen-bond donors (Lipinski definition) is 2. The van der Waals surface area contributed by atoms with E-state index in [9.17, 15) is 9.59 Å². The van der Waals surface area contributed by atoms with E-state index in [1.165, 1.54) is 11.8 Å². The lowest BCUT2D eigenvalue weighted by Crippen LogP contribution is -2.22. The summed E-state index contributed by atoms with van der Waals surface area (Å²) >= 11 is 1.42. The second kappa shape index (κ2) is 8.73. The van der Waals surface area contributed by atoms with Crippen LogP contribution in [-0.2, 0) is 11.3 Å². The third-order valence-corrected chi connectivity index (χ3v) is 5.01. The summed E-state index contributed by atoms with van der Waals surface area (Å²) in [7, 11) is 0. The van der Waals surface area contributed by atoms with Crippen LogP contribution in [0.3, 0.4) is 0 Å². The van der Waals surface area contributed by atoms with Gasteiger partial charge in [0.1, 0.15) is 0 Å². The number of rotatable bonds is 7. The fraction of sp³-hybridized carbons (Fsp3) is 0.250. The molecule has 6 nitrogen and oxygen atoms in total. The van der Waals surface area contributed by atoms with Crippen molar-refractivity contribution in [2.45, 2.75) is 25.5 Å². The van der Waals surface area contributed by atoms with E-state index in [1.54, 1.807) is 24.3 Å². The normalized spacial score (nSPS) is 10.7. The quantitative estimate of drug-likeness (QED) is 0.613. The Balaban J connectivity index is 1.61. The molecule has 140 valence electrons. The number of nitrogens with zero attached hydrogens (tertiary/aromatic N) is 2. The van der Waals surface area contributed by atoms with Crippen LogP contribution in [0.15, 0.2) is 53.7 Å². The van der Waals surface area contributed by atoms with E-state index in [4.69, 9.17) is 0 Å². The van der Waals surface area contributed by atoms with Crippen molar-refractivity contribution in [3.05, 3.63) is 54.1 Å². The standard InChI is InChI=1S/C20H22N4O2S/c1-3-21-19(26)14-9-11-15(12-10-14)22-18(25)13-27-20-23-16-7-5-6-8-17(16)24(20)4-2/h5-12H,3-4,13H2,1-2H3,(H,21,26)(H,22,25). The number of hydrogen-bond acceptors (Lipinski definition) is 4. The first kappa shape index (κ1) is 19.0. The average molecular weight is 382 g/mol. The smallest absolute Gasteiger partial charge is 0.251 e. The molecule has 0 aliphatic carbocycles. The maximum Gasteiger partial charge on any atom is 0.251 e. The number of anilines is 1. The molecule has 3 aromatic rings. The summed E-state index contributed by atoms with van der Waals surface area (Å²) in [5.41, 5.74) is 3.24. The molecule has 1 aromatic heterocycles. The van der Waals surface area contributed by atoms with Crippen molar-refractivity contribution in [2.24, 2.45) is 0 Å². The fourth-order valence-corrected chi connectivity index (χ4v) is 3.64. The molecule has 2 N–H and O–H groups in total. The Kier molecular flexibility index (Phi) is 6.13. The van der Waals surface area contributed by atoms with Crippen LogP contribution in [0, 0.1) is 0 Å². The molecule has 0 aliphatic heterocycles. The molecule has 0 aliphatic rings. The van der Waals surface area contributed by atoms with Crippen molar-refractivity contribution < 1.29 is 9.59 Å². The van der Waals surface area contributed by atoms with Gasteiger partial charge in [0.05, 0.1) is 16.8 Å². The summed E-state index contributed by atoms with van der Waals surface area (Å²) in [6, 6.07) is 14.8.